The molecule has 3 heterocycles. The normalized spacial score (nSPS) is 18.2. The zero-order valence-corrected chi connectivity index (χ0v) is 8.62. The molecule has 0 saturated carbocycles. The second kappa shape index (κ2) is 3.00. The fraction of sp³-hybridized carbons (Fsp3) is 0.100. The van der Waals surface area contributed by atoms with Gasteiger partial charge in [0.1, 0.15) is 0 Å². The molecule has 0 saturated heterocycles. The van der Waals surface area contributed by atoms with Crippen LogP contribution in [0.1, 0.15) is 0 Å². The van der Waals surface area contributed by atoms with Gasteiger partial charge in [-0.15, -0.1) is 0 Å². The Morgan fingerprint density at radius 2 is 2.38 bits per heavy atom. The Morgan fingerprint density at radius 1 is 1.38 bits per heavy atom. The van der Waals surface area contributed by atoms with Gasteiger partial charge in [-0.05, 0) is 0 Å². The first kappa shape index (κ1) is 7.83. The SMILES string of the molecule is B1=CC=c2sccc2=C2SCC=C12. The van der Waals surface area contributed by atoms with E-state index in [-0.39, 0.29) is 0 Å². The van der Waals surface area contributed by atoms with Gasteiger partial charge in [-0.25, -0.2) is 0 Å². The monoisotopic (exact) mass is 202 g/mol. The van der Waals surface area contributed by atoms with Crippen LogP contribution in [0, 0.1) is 0 Å². The second-order valence-electron chi connectivity index (χ2n) is 3.02. The number of thiophene rings is 1. The van der Waals surface area contributed by atoms with E-state index in [0.717, 1.165) is 5.75 Å². The Kier molecular flexibility index (Phi) is 1.81. The zero-order valence-electron chi connectivity index (χ0n) is 6.99. The van der Waals surface area contributed by atoms with Gasteiger partial charge in [0, 0.05) is 0 Å². The van der Waals surface area contributed by atoms with E-state index in [1.54, 1.807) is 0 Å². The van der Waals surface area contributed by atoms with Crippen LogP contribution in [0.25, 0.3) is 11.0 Å². The van der Waals surface area contributed by atoms with Crippen molar-refractivity contribution in [1.82, 2.24) is 0 Å². The number of hydrogen-bond acceptors (Lipinski definition) is 2. The second-order valence-corrected chi connectivity index (χ2v) is 5.00. The summed E-state index contributed by atoms with van der Waals surface area (Å²) >= 11 is 3.77. The summed E-state index contributed by atoms with van der Waals surface area (Å²) in [5.41, 5.74) is 1.40. The van der Waals surface area contributed by atoms with Crippen LogP contribution < -0.4 is 9.75 Å². The molecule has 2 aliphatic rings. The first-order valence-electron chi connectivity index (χ1n) is 4.25. The third-order valence-corrected chi connectivity index (χ3v) is 4.22. The Labute approximate surface area is 85.6 Å². The Bertz CT molecular complexity index is 519. The van der Waals surface area contributed by atoms with Crippen molar-refractivity contribution in [2.45, 2.75) is 0 Å². The molecule has 0 amide bonds. The summed E-state index contributed by atoms with van der Waals surface area (Å²) in [5.74, 6) is 3.28. The average Bonchev–Trinajstić information content (AvgIpc) is 2.72. The number of fused-ring (bicyclic) bond motifs is 2. The molecule has 0 aromatic carbocycles. The fourth-order valence-electron chi connectivity index (χ4n) is 1.64. The van der Waals surface area contributed by atoms with Gasteiger partial charge in [0.2, 0.25) is 0 Å². The zero-order chi connectivity index (χ0) is 8.67. The minimum atomic E-state index is 1.13. The van der Waals surface area contributed by atoms with E-state index >= 15 is 0 Å². The molecule has 2 aliphatic heterocycles. The van der Waals surface area contributed by atoms with Crippen molar-refractivity contribution in [3.8, 4) is 0 Å². The molecule has 0 spiro atoms. The van der Waals surface area contributed by atoms with Gasteiger partial charge in [0.25, 0.3) is 0 Å². The van der Waals surface area contributed by atoms with Crippen LogP contribution in [0.15, 0.2) is 23.0 Å². The maximum absolute atomic E-state index is 2.30. The van der Waals surface area contributed by atoms with Crippen LogP contribution in [0.4, 0.5) is 0 Å². The summed E-state index contributed by atoms with van der Waals surface area (Å²) in [5, 5.41) is 3.59. The molecule has 0 unspecified atom stereocenters. The van der Waals surface area contributed by atoms with Gasteiger partial charge >= 0.3 is 85.5 Å². The van der Waals surface area contributed by atoms with Crippen LogP contribution in [0.2, 0.25) is 0 Å². The average molecular weight is 202 g/mol. The van der Waals surface area contributed by atoms with Gasteiger partial charge in [0.05, 0.1) is 0 Å². The standard InChI is InChI=1S/C10H7BS2/c1-4-11-8-3-6-13-10(8)7-2-5-12-9(1)7/h1-5H,6H2. The predicted octanol–water partition coefficient (Wildman–Crippen LogP) is 0.787. The number of rotatable bonds is 0. The van der Waals surface area contributed by atoms with Crippen LogP contribution >= 0.6 is 23.1 Å². The van der Waals surface area contributed by atoms with E-state index in [9.17, 15) is 0 Å². The van der Waals surface area contributed by atoms with E-state index < -0.39 is 0 Å². The molecular formula is C10H7BS2. The summed E-state index contributed by atoms with van der Waals surface area (Å²) in [6.07, 6.45) is 4.50. The molecule has 3 rings (SSSR count). The summed E-state index contributed by atoms with van der Waals surface area (Å²) in [6, 6.07) is 2.23. The molecule has 62 valence electrons. The van der Waals surface area contributed by atoms with Crippen molar-refractivity contribution in [2.24, 2.45) is 0 Å². The first-order chi connectivity index (χ1) is 6.45. The van der Waals surface area contributed by atoms with Crippen molar-refractivity contribution in [1.29, 1.82) is 0 Å². The molecule has 0 fully saturated rings. The van der Waals surface area contributed by atoms with Gasteiger partial charge in [-0.3, -0.25) is 0 Å². The molecule has 0 atom stereocenters. The maximum atomic E-state index is 2.30. The van der Waals surface area contributed by atoms with Gasteiger partial charge < -0.3 is 0 Å². The molecule has 13 heavy (non-hydrogen) atoms. The molecule has 1 aromatic rings. The Hall–Kier alpha value is -0.535. The van der Waals surface area contributed by atoms with Crippen molar-refractivity contribution in [3.05, 3.63) is 32.7 Å². The van der Waals surface area contributed by atoms with E-state index in [4.69, 9.17) is 0 Å². The van der Waals surface area contributed by atoms with E-state index in [1.807, 2.05) is 23.1 Å². The van der Waals surface area contributed by atoms with Crippen LogP contribution in [-0.2, 0) is 0 Å². The van der Waals surface area contributed by atoms with E-state index in [2.05, 4.69) is 36.5 Å². The molecule has 0 radical (unpaired) electrons. The van der Waals surface area contributed by atoms with E-state index in [1.165, 1.54) is 20.1 Å². The molecule has 0 bridgehead atoms. The summed E-state index contributed by atoms with van der Waals surface area (Å²) in [4.78, 5) is 1.46. The van der Waals surface area contributed by atoms with E-state index in [0.29, 0.717) is 0 Å². The fourth-order valence-corrected chi connectivity index (χ4v) is 3.60. The third kappa shape index (κ3) is 1.18. The summed E-state index contributed by atoms with van der Waals surface area (Å²) in [7, 11) is 0. The number of hydrogen-bond donors (Lipinski definition) is 0. The predicted molar refractivity (Wildman–Crippen MR) is 63.8 cm³/mol. The molecular weight excluding hydrogens is 195 g/mol. The molecule has 0 N–H and O–H groups in total. The van der Waals surface area contributed by atoms with Crippen molar-refractivity contribution in [3.63, 3.8) is 0 Å². The van der Waals surface area contributed by atoms with Crippen molar-refractivity contribution < 1.29 is 0 Å². The summed E-state index contributed by atoms with van der Waals surface area (Å²) in [6.45, 7) is 2.21. The topological polar surface area (TPSA) is 0 Å². The van der Waals surface area contributed by atoms with Crippen molar-refractivity contribution >= 4 is 47.0 Å². The molecule has 0 aliphatic carbocycles. The van der Waals surface area contributed by atoms with Crippen molar-refractivity contribution in [2.75, 3.05) is 5.75 Å². The first-order valence-corrected chi connectivity index (χ1v) is 6.11. The van der Waals surface area contributed by atoms with Crippen LogP contribution in [-0.4, -0.2) is 18.6 Å². The molecule has 3 heteroatoms. The molecule has 1 aromatic heterocycles. The van der Waals surface area contributed by atoms with Gasteiger partial charge in [-0.1, -0.05) is 0 Å². The molecule has 0 nitrogen and oxygen atoms in total. The Balaban J connectivity index is 2.49. The van der Waals surface area contributed by atoms with Gasteiger partial charge in [-0.2, -0.15) is 0 Å². The van der Waals surface area contributed by atoms with Gasteiger partial charge in [0.15, 0.2) is 0 Å². The third-order valence-electron chi connectivity index (χ3n) is 2.26. The summed E-state index contributed by atoms with van der Waals surface area (Å²) < 4.78 is 1.39. The minimum absolute atomic E-state index is 1.13. The van der Waals surface area contributed by atoms with Crippen LogP contribution in [0.5, 0.6) is 0 Å². The quantitative estimate of drug-likeness (QED) is 0.560. The Morgan fingerprint density at radius 3 is 3.38 bits per heavy atom. The number of thioether (sulfide) groups is 1. The van der Waals surface area contributed by atoms with Crippen LogP contribution in [0.3, 0.4) is 0 Å².